The van der Waals surface area contributed by atoms with Gasteiger partial charge in [-0.05, 0) is 80.3 Å². The van der Waals surface area contributed by atoms with E-state index in [1.807, 2.05) is 64.1 Å². The molecule has 0 saturated heterocycles. The van der Waals surface area contributed by atoms with Crippen LogP contribution in [-0.4, -0.2) is 43.8 Å². The normalized spacial score (nSPS) is 12.6. The Morgan fingerprint density at radius 2 is 1.49 bits per heavy atom. The van der Waals surface area contributed by atoms with Crippen LogP contribution in [0.5, 0.6) is 0 Å². The minimum Gasteiger partial charge on any atom is -0.352 e. The van der Waals surface area contributed by atoms with Crippen LogP contribution in [0.25, 0.3) is 0 Å². The zero-order valence-electron chi connectivity index (χ0n) is 26.1. The zero-order valence-corrected chi connectivity index (χ0v) is 27.7. The molecule has 9 heteroatoms. The standard InChI is InChI=1S/C36H40ClN3O4S/c1-5-28(4)38-36(42)34(23-29-11-7-6-8-12-29)39(24-30-16-18-31(37)19-17-30)35(41)25-40(32-13-9-10-27(3)22-32)45(43,44)33-20-14-26(2)15-21-33/h6-22,28,34H,5,23-25H2,1-4H3,(H,38,42)/t28-,34+/m1/s1. The van der Waals surface area contributed by atoms with Gasteiger partial charge < -0.3 is 10.2 Å². The van der Waals surface area contributed by atoms with E-state index in [1.54, 1.807) is 66.7 Å². The fraction of sp³-hybridized carbons (Fsp3) is 0.278. The summed E-state index contributed by atoms with van der Waals surface area (Å²) in [7, 11) is -4.15. The molecule has 0 bridgehead atoms. The van der Waals surface area contributed by atoms with Crippen molar-refractivity contribution in [3.8, 4) is 0 Å². The number of benzene rings is 4. The van der Waals surface area contributed by atoms with E-state index in [2.05, 4.69) is 5.32 Å². The molecule has 4 aromatic carbocycles. The van der Waals surface area contributed by atoms with Crippen molar-refractivity contribution < 1.29 is 18.0 Å². The lowest BCUT2D eigenvalue weighted by Crippen LogP contribution is -2.54. The number of sulfonamides is 1. The molecule has 0 saturated carbocycles. The maximum atomic E-state index is 14.5. The van der Waals surface area contributed by atoms with Crippen molar-refractivity contribution >= 4 is 39.1 Å². The van der Waals surface area contributed by atoms with E-state index in [0.29, 0.717) is 17.1 Å². The summed E-state index contributed by atoms with van der Waals surface area (Å²) >= 11 is 6.15. The average molecular weight is 646 g/mol. The first-order valence-electron chi connectivity index (χ1n) is 15.0. The van der Waals surface area contributed by atoms with Crippen LogP contribution in [0.4, 0.5) is 5.69 Å². The van der Waals surface area contributed by atoms with E-state index in [1.165, 1.54) is 4.90 Å². The molecule has 236 valence electrons. The molecule has 0 aliphatic heterocycles. The monoisotopic (exact) mass is 645 g/mol. The highest BCUT2D eigenvalue weighted by molar-refractivity contribution is 7.92. The van der Waals surface area contributed by atoms with E-state index in [4.69, 9.17) is 11.6 Å². The lowest BCUT2D eigenvalue weighted by molar-refractivity contribution is -0.140. The summed E-state index contributed by atoms with van der Waals surface area (Å²) in [5.41, 5.74) is 3.75. The lowest BCUT2D eigenvalue weighted by atomic mass is 10.0. The topological polar surface area (TPSA) is 86.8 Å². The summed E-state index contributed by atoms with van der Waals surface area (Å²) in [6.07, 6.45) is 0.961. The van der Waals surface area contributed by atoms with Gasteiger partial charge in [0.05, 0.1) is 10.6 Å². The largest absolute Gasteiger partial charge is 0.352 e. The van der Waals surface area contributed by atoms with Gasteiger partial charge in [0.1, 0.15) is 12.6 Å². The number of hydrogen-bond donors (Lipinski definition) is 1. The van der Waals surface area contributed by atoms with Crippen LogP contribution < -0.4 is 9.62 Å². The Morgan fingerprint density at radius 1 is 0.822 bits per heavy atom. The van der Waals surface area contributed by atoms with Crippen molar-refractivity contribution in [2.24, 2.45) is 0 Å². The van der Waals surface area contributed by atoms with Crippen molar-refractivity contribution in [3.63, 3.8) is 0 Å². The number of hydrogen-bond acceptors (Lipinski definition) is 4. The van der Waals surface area contributed by atoms with Crippen LogP contribution in [0, 0.1) is 13.8 Å². The molecule has 0 radical (unpaired) electrons. The molecule has 0 heterocycles. The molecule has 0 spiro atoms. The van der Waals surface area contributed by atoms with Crippen molar-refractivity contribution in [2.75, 3.05) is 10.8 Å². The summed E-state index contributed by atoms with van der Waals surface area (Å²) in [5.74, 6) is -0.818. The lowest BCUT2D eigenvalue weighted by Gasteiger charge is -2.34. The minimum absolute atomic E-state index is 0.0713. The van der Waals surface area contributed by atoms with Crippen molar-refractivity contribution in [1.82, 2.24) is 10.2 Å². The third-order valence-electron chi connectivity index (χ3n) is 7.72. The van der Waals surface area contributed by atoms with Gasteiger partial charge in [-0.25, -0.2) is 8.42 Å². The van der Waals surface area contributed by atoms with Crippen LogP contribution in [0.3, 0.4) is 0 Å². The Kier molecular flexibility index (Phi) is 11.4. The molecule has 0 aromatic heterocycles. The van der Waals surface area contributed by atoms with Crippen LogP contribution in [0.2, 0.25) is 5.02 Å². The van der Waals surface area contributed by atoms with Gasteiger partial charge in [0.2, 0.25) is 11.8 Å². The fourth-order valence-electron chi connectivity index (χ4n) is 4.93. The molecular formula is C36H40ClN3O4S. The summed E-state index contributed by atoms with van der Waals surface area (Å²) in [6.45, 7) is 7.21. The first-order valence-corrected chi connectivity index (χ1v) is 16.8. The molecule has 0 aliphatic carbocycles. The van der Waals surface area contributed by atoms with E-state index >= 15 is 0 Å². The molecule has 45 heavy (non-hydrogen) atoms. The van der Waals surface area contributed by atoms with Crippen LogP contribution in [0.1, 0.15) is 42.5 Å². The predicted octanol–water partition coefficient (Wildman–Crippen LogP) is 6.71. The highest BCUT2D eigenvalue weighted by Crippen LogP contribution is 2.26. The second kappa shape index (κ2) is 15.2. The van der Waals surface area contributed by atoms with Gasteiger partial charge in [0.15, 0.2) is 0 Å². The Hall–Kier alpha value is -4.14. The highest BCUT2D eigenvalue weighted by atomic mass is 35.5. The molecule has 0 unspecified atom stereocenters. The number of aryl methyl sites for hydroxylation is 2. The smallest absolute Gasteiger partial charge is 0.264 e. The zero-order chi connectivity index (χ0) is 32.6. The van der Waals surface area contributed by atoms with Gasteiger partial charge in [0, 0.05) is 24.0 Å². The van der Waals surface area contributed by atoms with Gasteiger partial charge >= 0.3 is 0 Å². The molecule has 7 nitrogen and oxygen atoms in total. The third-order valence-corrected chi connectivity index (χ3v) is 9.76. The summed E-state index contributed by atoms with van der Waals surface area (Å²) < 4.78 is 29.4. The van der Waals surface area contributed by atoms with E-state index in [0.717, 1.165) is 26.6 Å². The van der Waals surface area contributed by atoms with E-state index in [9.17, 15) is 18.0 Å². The molecular weight excluding hydrogens is 606 g/mol. The maximum absolute atomic E-state index is 14.5. The second-order valence-electron chi connectivity index (χ2n) is 11.3. The summed E-state index contributed by atoms with van der Waals surface area (Å²) in [6, 6.07) is 29.1. The summed E-state index contributed by atoms with van der Waals surface area (Å²) in [5, 5.41) is 3.59. The Labute approximate surface area is 271 Å². The highest BCUT2D eigenvalue weighted by Gasteiger charge is 2.35. The molecule has 2 amide bonds. The first-order chi connectivity index (χ1) is 21.5. The summed E-state index contributed by atoms with van der Waals surface area (Å²) in [4.78, 5) is 30.0. The minimum atomic E-state index is -4.15. The number of rotatable bonds is 13. The number of amides is 2. The molecule has 2 atom stereocenters. The van der Waals surface area contributed by atoms with Crippen LogP contribution >= 0.6 is 11.6 Å². The second-order valence-corrected chi connectivity index (χ2v) is 13.6. The molecule has 4 rings (SSSR count). The van der Waals surface area contributed by atoms with Crippen LogP contribution in [-0.2, 0) is 32.6 Å². The molecule has 0 aliphatic rings. The van der Waals surface area contributed by atoms with Crippen molar-refractivity contribution in [1.29, 1.82) is 0 Å². The third kappa shape index (κ3) is 8.96. The number of nitrogens with zero attached hydrogens (tertiary/aromatic N) is 2. The van der Waals surface area contributed by atoms with Crippen LogP contribution in [0.15, 0.2) is 108 Å². The average Bonchev–Trinajstić information content (AvgIpc) is 3.02. The number of halogens is 1. The Morgan fingerprint density at radius 3 is 2.11 bits per heavy atom. The first kappa shape index (κ1) is 33.7. The Bertz CT molecular complexity index is 1690. The molecule has 0 fully saturated rings. The van der Waals surface area contributed by atoms with Gasteiger partial charge in [-0.3, -0.25) is 13.9 Å². The fourth-order valence-corrected chi connectivity index (χ4v) is 6.46. The number of carbonyl (C=O) groups excluding carboxylic acids is 2. The maximum Gasteiger partial charge on any atom is 0.264 e. The quantitative estimate of drug-likeness (QED) is 0.175. The SMILES string of the molecule is CC[C@@H](C)NC(=O)[C@H](Cc1ccccc1)N(Cc1ccc(Cl)cc1)C(=O)CN(c1cccc(C)c1)S(=O)(=O)c1ccc(C)cc1. The van der Waals surface area contributed by atoms with Gasteiger partial charge in [-0.1, -0.05) is 90.8 Å². The number of carbonyl (C=O) groups is 2. The van der Waals surface area contributed by atoms with Gasteiger partial charge in [-0.15, -0.1) is 0 Å². The molecule has 4 aromatic rings. The number of nitrogens with one attached hydrogen (secondary N) is 1. The van der Waals surface area contributed by atoms with Gasteiger partial charge in [0.25, 0.3) is 10.0 Å². The van der Waals surface area contributed by atoms with Crippen molar-refractivity contribution in [3.05, 3.63) is 130 Å². The van der Waals surface area contributed by atoms with E-state index < -0.39 is 28.5 Å². The Balaban J connectivity index is 1.80. The van der Waals surface area contributed by atoms with Crippen molar-refractivity contribution in [2.45, 2.75) is 64.1 Å². The van der Waals surface area contributed by atoms with E-state index in [-0.39, 0.29) is 29.8 Å². The number of anilines is 1. The van der Waals surface area contributed by atoms with Gasteiger partial charge in [-0.2, -0.15) is 0 Å². The molecule has 1 N–H and O–H groups in total. The predicted molar refractivity (Wildman–Crippen MR) is 181 cm³/mol.